The van der Waals surface area contributed by atoms with Crippen molar-refractivity contribution >= 4 is 37.3 Å². The fourth-order valence-electron chi connectivity index (χ4n) is 1.67. The molecule has 3 N–H and O–H groups in total. The van der Waals surface area contributed by atoms with Crippen molar-refractivity contribution in [3.05, 3.63) is 22.2 Å². The molecule has 0 aliphatic heterocycles. The lowest BCUT2D eigenvalue weighted by Gasteiger charge is -2.12. The number of nitrogens with two attached hydrogens (primary N) is 1. The Kier molecular flexibility index (Phi) is 3.36. The minimum absolute atomic E-state index is 0.187. The van der Waals surface area contributed by atoms with Gasteiger partial charge in [0.1, 0.15) is 0 Å². The van der Waals surface area contributed by atoms with E-state index in [9.17, 15) is 8.42 Å². The molecule has 0 unspecified atom stereocenters. The first kappa shape index (κ1) is 12.7. The van der Waals surface area contributed by atoms with Crippen LogP contribution in [0.25, 0.3) is 0 Å². The Labute approximate surface area is 110 Å². The van der Waals surface area contributed by atoms with E-state index in [4.69, 9.17) is 5.73 Å². The number of nitrogen functional groups attached to an aromatic ring is 1. The van der Waals surface area contributed by atoms with Crippen LogP contribution in [0.15, 0.2) is 16.6 Å². The Bertz CT molecular complexity index is 515. The van der Waals surface area contributed by atoms with Crippen molar-refractivity contribution in [2.75, 3.05) is 16.2 Å². The highest BCUT2D eigenvalue weighted by molar-refractivity contribution is 9.10. The topological polar surface area (TPSA) is 72.2 Å². The summed E-state index contributed by atoms with van der Waals surface area (Å²) in [5.41, 5.74) is 7.69. The van der Waals surface area contributed by atoms with Gasteiger partial charge in [-0.3, -0.25) is 4.72 Å². The van der Waals surface area contributed by atoms with Gasteiger partial charge in [-0.25, -0.2) is 8.42 Å². The van der Waals surface area contributed by atoms with Crippen LogP contribution >= 0.6 is 15.9 Å². The van der Waals surface area contributed by atoms with Gasteiger partial charge in [-0.1, -0.05) is 0 Å². The maximum Gasteiger partial charge on any atom is 0.233 e. The van der Waals surface area contributed by atoms with Gasteiger partial charge in [0.15, 0.2) is 0 Å². The van der Waals surface area contributed by atoms with Crippen LogP contribution in [0.3, 0.4) is 0 Å². The Morgan fingerprint density at radius 2 is 2.12 bits per heavy atom. The maximum atomic E-state index is 11.9. The van der Waals surface area contributed by atoms with Crippen LogP contribution in [-0.2, 0) is 10.0 Å². The largest absolute Gasteiger partial charge is 0.397 e. The molecule has 0 radical (unpaired) electrons. The van der Waals surface area contributed by atoms with E-state index < -0.39 is 10.0 Å². The van der Waals surface area contributed by atoms with Crippen molar-refractivity contribution in [2.24, 2.45) is 5.92 Å². The SMILES string of the molecule is Cc1cc(N)c(NS(=O)(=O)CC2CC2)c(Br)c1. The predicted molar refractivity (Wildman–Crippen MR) is 73.4 cm³/mol. The molecule has 6 heteroatoms. The molecule has 0 amide bonds. The summed E-state index contributed by atoms with van der Waals surface area (Å²) >= 11 is 3.33. The summed E-state index contributed by atoms with van der Waals surface area (Å²) in [6, 6.07) is 3.59. The first-order valence-corrected chi connectivity index (χ1v) is 7.88. The zero-order valence-corrected chi connectivity index (χ0v) is 11.9. The average molecular weight is 319 g/mol. The lowest BCUT2D eigenvalue weighted by Crippen LogP contribution is -2.19. The molecule has 1 aliphatic rings. The van der Waals surface area contributed by atoms with Gasteiger partial charge in [-0.2, -0.15) is 0 Å². The van der Waals surface area contributed by atoms with Crippen LogP contribution in [-0.4, -0.2) is 14.2 Å². The Balaban J connectivity index is 2.23. The molecule has 94 valence electrons. The summed E-state index contributed by atoms with van der Waals surface area (Å²) < 4.78 is 26.9. The van der Waals surface area contributed by atoms with Gasteiger partial charge >= 0.3 is 0 Å². The van der Waals surface area contributed by atoms with Crippen molar-refractivity contribution in [1.82, 2.24) is 0 Å². The van der Waals surface area contributed by atoms with Crippen LogP contribution in [0.4, 0.5) is 11.4 Å². The first-order valence-electron chi connectivity index (χ1n) is 5.43. The fraction of sp³-hybridized carbons (Fsp3) is 0.455. The van der Waals surface area contributed by atoms with Crippen molar-refractivity contribution in [3.8, 4) is 0 Å². The molecule has 0 saturated heterocycles. The van der Waals surface area contributed by atoms with E-state index in [1.807, 2.05) is 13.0 Å². The molecular formula is C11H15BrN2O2S. The highest BCUT2D eigenvalue weighted by Crippen LogP contribution is 2.34. The monoisotopic (exact) mass is 318 g/mol. The van der Waals surface area contributed by atoms with Gasteiger partial charge in [0.05, 0.1) is 17.1 Å². The van der Waals surface area contributed by atoms with Crippen molar-refractivity contribution < 1.29 is 8.42 Å². The Morgan fingerprint density at radius 3 is 2.65 bits per heavy atom. The molecule has 0 heterocycles. The second-order valence-corrected chi connectivity index (χ2v) is 7.16. The number of hydrogen-bond acceptors (Lipinski definition) is 3. The molecule has 1 aromatic rings. The van der Waals surface area contributed by atoms with Crippen LogP contribution in [0.1, 0.15) is 18.4 Å². The first-order chi connectivity index (χ1) is 7.87. The molecule has 1 aromatic carbocycles. The number of hydrogen-bond donors (Lipinski definition) is 2. The second kappa shape index (κ2) is 4.49. The Hall–Kier alpha value is -0.750. The smallest absolute Gasteiger partial charge is 0.233 e. The standard InChI is InChI=1S/C11H15BrN2O2S/c1-7-4-9(12)11(10(13)5-7)14-17(15,16)6-8-2-3-8/h4-5,8,14H,2-3,6,13H2,1H3. The predicted octanol–water partition coefficient (Wildman–Crippen LogP) is 2.49. The molecule has 0 aromatic heterocycles. The molecule has 0 bridgehead atoms. The third kappa shape index (κ3) is 3.35. The van der Waals surface area contributed by atoms with Crippen molar-refractivity contribution in [2.45, 2.75) is 19.8 Å². The average Bonchev–Trinajstić information content (AvgIpc) is 2.94. The summed E-state index contributed by atoms with van der Waals surface area (Å²) in [5.74, 6) is 0.505. The highest BCUT2D eigenvalue weighted by atomic mass is 79.9. The summed E-state index contributed by atoms with van der Waals surface area (Å²) in [7, 11) is -3.29. The van der Waals surface area contributed by atoms with E-state index in [-0.39, 0.29) is 5.75 Å². The van der Waals surface area contributed by atoms with Gasteiger partial charge < -0.3 is 5.73 Å². The molecule has 0 atom stereocenters. The van der Waals surface area contributed by atoms with Gasteiger partial charge in [0.25, 0.3) is 0 Å². The number of benzene rings is 1. The Morgan fingerprint density at radius 1 is 1.47 bits per heavy atom. The lowest BCUT2D eigenvalue weighted by molar-refractivity contribution is 0.597. The molecule has 17 heavy (non-hydrogen) atoms. The minimum atomic E-state index is -3.29. The summed E-state index contributed by atoms with van der Waals surface area (Å²) in [5, 5.41) is 0. The molecule has 2 rings (SSSR count). The van der Waals surface area contributed by atoms with E-state index >= 15 is 0 Å². The van der Waals surface area contributed by atoms with Crippen molar-refractivity contribution in [3.63, 3.8) is 0 Å². The van der Waals surface area contributed by atoms with Gasteiger partial charge in [-0.15, -0.1) is 0 Å². The van der Waals surface area contributed by atoms with Gasteiger partial charge in [-0.05, 0) is 59.3 Å². The third-order valence-electron chi connectivity index (χ3n) is 2.67. The van der Waals surface area contributed by atoms with E-state index in [2.05, 4.69) is 20.7 Å². The number of aryl methyl sites for hydroxylation is 1. The highest BCUT2D eigenvalue weighted by Gasteiger charge is 2.28. The fourth-order valence-corrected chi connectivity index (χ4v) is 4.07. The van der Waals surface area contributed by atoms with E-state index in [1.54, 1.807) is 6.07 Å². The van der Waals surface area contributed by atoms with Crippen LogP contribution in [0, 0.1) is 12.8 Å². The van der Waals surface area contributed by atoms with Gasteiger partial charge in [0.2, 0.25) is 10.0 Å². The molecule has 4 nitrogen and oxygen atoms in total. The van der Waals surface area contributed by atoms with Crippen molar-refractivity contribution in [1.29, 1.82) is 0 Å². The normalized spacial score (nSPS) is 15.9. The van der Waals surface area contributed by atoms with E-state index in [0.717, 1.165) is 18.4 Å². The zero-order chi connectivity index (χ0) is 12.6. The number of sulfonamides is 1. The number of nitrogens with one attached hydrogen (secondary N) is 1. The second-order valence-electron chi connectivity index (χ2n) is 4.54. The minimum Gasteiger partial charge on any atom is -0.397 e. The summed E-state index contributed by atoms with van der Waals surface area (Å²) in [4.78, 5) is 0. The molecule has 0 spiro atoms. The summed E-state index contributed by atoms with van der Waals surface area (Å²) in [6.07, 6.45) is 2.01. The molecule has 1 saturated carbocycles. The molecule has 1 fully saturated rings. The lowest BCUT2D eigenvalue weighted by atomic mass is 10.2. The molecular weight excluding hydrogens is 304 g/mol. The number of halogens is 1. The van der Waals surface area contributed by atoms with Crippen LogP contribution in [0.2, 0.25) is 0 Å². The third-order valence-corrected chi connectivity index (χ3v) is 4.73. The van der Waals surface area contributed by atoms with Crippen LogP contribution in [0.5, 0.6) is 0 Å². The zero-order valence-electron chi connectivity index (χ0n) is 9.53. The number of anilines is 2. The van der Waals surface area contributed by atoms with Gasteiger partial charge in [0, 0.05) is 4.47 Å². The summed E-state index contributed by atoms with van der Waals surface area (Å²) in [6.45, 7) is 1.91. The molecule has 1 aliphatic carbocycles. The quantitative estimate of drug-likeness (QED) is 0.838. The van der Waals surface area contributed by atoms with Crippen LogP contribution < -0.4 is 10.5 Å². The van der Waals surface area contributed by atoms with E-state index in [0.29, 0.717) is 21.8 Å². The van der Waals surface area contributed by atoms with E-state index in [1.165, 1.54) is 0 Å². The number of rotatable bonds is 4. The maximum absolute atomic E-state index is 11.9.